The summed E-state index contributed by atoms with van der Waals surface area (Å²) in [6.45, 7) is 4.01. The quantitative estimate of drug-likeness (QED) is 0.871. The molecule has 1 amide bonds. The molecule has 0 aliphatic carbocycles. The molecule has 20 heavy (non-hydrogen) atoms. The van der Waals surface area contributed by atoms with Crippen molar-refractivity contribution in [2.45, 2.75) is 19.9 Å². The highest BCUT2D eigenvalue weighted by molar-refractivity contribution is 6.29. The molecule has 0 saturated heterocycles. The minimum absolute atomic E-state index is 0.0411. The van der Waals surface area contributed by atoms with Gasteiger partial charge in [0.05, 0.1) is 18.4 Å². The summed E-state index contributed by atoms with van der Waals surface area (Å²) in [5.41, 5.74) is 2.56. The minimum Gasteiger partial charge on any atom is -0.334 e. The number of hydrogen-bond donors (Lipinski definition) is 0. The van der Waals surface area contributed by atoms with E-state index in [0.29, 0.717) is 0 Å². The van der Waals surface area contributed by atoms with E-state index in [1.54, 1.807) is 11.9 Å². The molecule has 5 heteroatoms. The van der Waals surface area contributed by atoms with E-state index in [0.717, 1.165) is 5.56 Å². The first kappa shape index (κ1) is 14.5. The van der Waals surface area contributed by atoms with Gasteiger partial charge in [-0.2, -0.15) is 0 Å². The first-order chi connectivity index (χ1) is 9.49. The number of carbonyl (C=O) groups is 1. The van der Waals surface area contributed by atoms with Crippen LogP contribution in [0.25, 0.3) is 0 Å². The van der Waals surface area contributed by atoms with Gasteiger partial charge in [-0.25, -0.2) is 9.97 Å². The average Bonchev–Trinajstić information content (AvgIpc) is 2.46. The van der Waals surface area contributed by atoms with Gasteiger partial charge in [0.1, 0.15) is 10.8 Å². The van der Waals surface area contributed by atoms with E-state index in [2.05, 4.69) is 9.97 Å². The predicted octanol–water partition coefficient (Wildman–Crippen LogP) is 3.27. The number of benzene rings is 1. The van der Waals surface area contributed by atoms with E-state index in [-0.39, 0.29) is 22.8 Å². The van der Waals surface area contributed by atoms with E-state index in [4.69, 9.17) is 11.6 Å². The SMILES string of the molecule is Cc1ccc(C(C)N(C)C(=O)c2cnc(Cl)cn2)cc1. The lowest BCUT2D eigenvalue weighted by atomic mass is 10.1. The number of carbonyl (C=O) groups excluding carboxylic acids is 1. The Kier molecular flexibility index (Phi) is 4.35. The van der Waals surface area contributed by atoms with Gasteiger partial charge < -0.3 is 4.90 Å². The molecule has 1 aromatic carbocycles. The van der Waals surface area contributed by atoms with Crippen molar-refractivity contribution in [3.05, 3.63) is 58.6 Å². The van der Waals surface area contributed by atoms with Gasteiger partial charge in [0.25, 0.3) is 5.91 Å². The first-order valence-corrected chi connectivity index (χ1v) is 6.68. The lowest BCUT2D eigenvalue weighted by Gasteiger charge is -2.25. The molecule has 2 rings (SSSR count). The Labute approximate surface area is 123 Å². The number of hydrogen-bond acceptors (Lipinski definition) is 3. The zero-order valence-electron chi connectivity index (χ0n) is 11.7. The highest BCUT2D eigenvalue weighted by Crippen LogP contribution is 2.20. The maximum atomic E-state index is 12.3. The fourth-order valence-corrected chi connectivity index (χ4v) is 1.95. The standard InChI is InChI=1S/C15H16ClN3O/c1-10-4-6-12(7-5-10)11(2)19(3)15(20)13-8-18-14(16)9-17-13/h4-9,11H,1-3H3. The molecule has 104 valence electrons. The third kappa shape index (κ3) is 3.14. The molecule has 0 spiro atoms. The van der Waals surface area contributed by atoms with Gasteiger partial charge in [-0.05, 0) is 19.4 Å². The van der Waals surface area contributed by atoms with Crippen LogP contribution in [0.4, 0.5) is 0 Å². The highest BCUT2D eigenvalue weighted by Gasteiger charge is 2.20. The molecule has 2 aromatic rings. The number of nitrogens with zero attached hydrogens (tertiary/aromatic N) is 3. The van der Waals surface area contributed by atoms with Crippen LogP contribution in [-0.4, -0.2) is 27.8 Å². The first-order valence-electron chi connectivity index (χ1n) is 6.30. The average molecular weight is 290 g/mol. The maximum absolute atomic E-state index is 12.3. The second-order valence-corrected chi connectivity index (χ2v) is 5.11. The Hall–Kier alpha value is -1.94. The lowest BCUT2D eigenvalue weighted by Crippen LogP contribution is -2.30. The molecule has 0 radical (unpaired) electrons. The van der Waals surface area contributed by atoms with Crippen molar-refractivity contribution >= 4 is 17.5 Å². The van der Waals surface area contributed by atoms with Gasteiger partial charge in [0, 0.05) is 7.05 Å². The molecule has 0 N–H and O–H groups in total. The second kappa shape index (κ2) is 6.01. The largest absolute Gasteiger partial charge is 0.334 e. The van der Waals surface area contributed by atoms with E-state index in [1.807, 2.05) is 38.1 Å². The molecule has 0 fully saturated rings. The van der Waals surface area contributed by atoms with Gasteiger partial charge in [-0.15, -0.1) is 0 Å². The number of aryl methyl sites for hydroxylation is 1. The zero-order valence-corrected chi connectivity index (χ0v) is 12.4. The Morgan fingerprint density at radius 1 is 1.20 bits per heavy atom. The summed E-state index contributed by atoms with van der Waals surface area (Å²) >= 11 is 5.67. The van der Waals surface area contributed by atoms with Crippen molar-refractivity contribution in [2.24, 2.45) is 0 Å². The Bertz CT molecular complexity index is 596. The van der Waals surface area contributed by atoms with Crippen molar-refractivity contribution in [2.75, 3.05) is 7.05 Å². The number of aromatic nitrogens is 2. The van der Waals surface area contributed by atoms with Crippen LogP contribution in [0.3, 0.4) is 0 Å². The third-order valence-corrected chi connectivity index (χ3v) is 3.50. The van der Waals surface area contributed by atoms with Gasteiger partial charge >= 0.3 is 0 Å². The molecule has 1 aromatic heterocycles. The molecule has 1 heterocycles. The molecular formula is C15H16ClN3O. The van der Waals surface area contributed by atoms with Crippen molar-refractivity contribution < 1.29 is 4.79 Å². The smallest absolute Gasteiger partial charge is 0.274 e. The van der Waals surface area contributed by atoms with Crippen LogP contribution >= 0.6 is 11.6 Å². The minimum atomic E-state index is -0.178. The Balaban J connectivity index is 2.17. The van der Waals surface area contributed by atoms with Crippen LogP contribution in [0.5, 0.6) is 0 Å². The zero-order chi connectivity index (χ0) is 14.7. The fourth-order valence-electron chi connectivity index (χ4n) is 1.85. The molecule has 0 bridgehead atoms. The van der Waals surface area contributed by atoms with Crippen LogP contribution in [0.1, 0.15) is 34.6 Å². The molecular weight excluding hydrogens is 274 g/mol. The molecule has 0 aliphatic rings. The third-order valence-electron chi connectivity index (χ3n) is 3.30. The predicted molar refractivity (Wildman–Crippen MR) is 78.7 cm³/mol. The van der Waals surface area contributed by atoms with E-state index < -0.39 is 0 Å². The van der Waals surface area contributed by atoms with Gasteiger partial charge in [0.2, 0.25) is 0 Å². The molecule has 1 atom stereocenters. The fraction of sp³-hybridized carbons (Fsp3) is 0.267. The van der Waals surface area contributed by atoms with Gasteiger partial charge in [-0.1, -0.05) is 41.4 Å². The summed E-state index contributed by atoms with van der Waals surface area (Å²) in [6.07, 6.45) is 2.77. The number of rotatable bonds is 3. The normalized spacial score (nSPS) is 12.0. The Morgan fingerprint density at radius 2 is 1.85 bits per heavy atom. The van der Waals surface area contributed by atoms with Crippen molar-refractivity contribution in [1.82, 2.24) is 14.9 Å². The number of halogens is 1. The summed E-state index contributed by atoms with van der Waals surface area (Å²) in [5, 5.41) is 0.274. The summed E-state index contributed by atoms with van der Waals surface area (Å²) in [5.74, 6) is -0.178. The van der Waals surface area contributed by atoms with Crippen LogP contribution in [0, 0.1) is 6.92 Å². The molecule has 0 aliphatic heterocycles. The molecule has 0 saturated carbocycles. The summed E-state index contributed by atoms with van der Waals surface area (Å²) in [6, 6.07) is 8.08. The van der Waals surface area contributed by atoms with Crippen LogP contribution in [0.2, 0.25) is 5.15 Å². The van der Waals surface area contributed by atoms with E-state index >= 15 is 0 Å². The van der Waals surface area contributed by atoms with Gasteiger partial charge in [0.15, 0.2) is 0 Å². The van der Waals surface area contributed by atoms with Crippen molar-refractivity contribution in [3.8, 4) is 0 Å². The summed E-state index contributed by atoms with van der Waals surface area (Å²) in [7, 11) is 1.75. The van der Waals surface area contributed by atoms with Crippen molar-refractivity contribution in [3.63, 3.8) is 0 Å². The molecule has 4 nitrogen and oxygen atoms in total. The van der Waals surface area contributed by atoms with Gasteiger partial charge in [-0.3, -0.25) is 4.79 Å². The summed E-state index contributed by atoms with van der Waals surface area (Å²) < 4.78 is 0. The second-order valence-electron chi connectivity index (χ2n) is 4.73. The number of amides is 1. The summed E-state index contributed by atoms with van der Waals surface area (Å²) in [4.78, 5) is 21.8. The lowest BCUT2D eigenvalue weighted by molar-refractivity contribution is 0.0736. The van der Waals surface area contributed by atoms with E-state index in [9.17, 15) is 4.79 Å². The van der Waals surface area contributed by atoms with Crippen LogP contribution in [0.15, 0.2) is 36.7 Å². The maximum Gasteiger partial charge on any atom is 0.274 e. The van der Waals surface area contributed by atoms with E-state index in [1.165, 1.54) is 18.0 Å². The molecule has 1 unspecified atom stereocenters. The Morgan fingerprint density at radius 3 is 2.40 bits per heavy atom. The van der Waals surface area contributed by atoms with Crippen molar-refractivity contribution in [1.29, 1.82) is 0 Å². The topological polar surface area (TPSA) is 46.1 Å². The highest BCUT2D eigenvalue weighted by atomic mass is 35.5. The van der Waals surface area contributed by atoms with Crippen LogP contribution in [-0.2, 0) is 0 Å². The van der Waals surface area contributed by atoms with Crippen LogP contribution < -0.4 is 0 Å². The monoisotopic (exact) mass is 289 g/mol.